The van der Waals surface area contributed by atoms with Gasteiger partial charge in [-0.1, -0.05) is 44.9 Å². The van der Waals surface area contributed by atoms with Crippen LogP contribution in [0.2, 0.25) is 5.02 Å². The Morgan fingerprint density at radius 3 is 2.79 bits per heavy atom. The average molecular weight is 370 g/mol. The predicted octanol–water partition coefficient (Wildman–Crippen LogP) is 4.22. The van der Waals surface area contributed by atoms with Gasteiger partial charge in [0.25, 0.3) is 5.91 Å². The number of benzene rings is 1. The number of hydrogen-bond acceptors (Lipinski definition) is 4. The van der Waals surface area contributed by atoms with Crippen molar-refractivity contribution in [2.75, 3.05) is 12.4 Å². The molecule has 0 saturated carbocycles. The normalized spacial score (nSPS) is 20.5. The molecular weight excluding hydrogens is 346 g/mol. The lowest BCUT2D eigenvalue weighted by molar-refractivity contribution is -0.148. The Bertz CT molecular complexity index is 593. The van der Waals surface area contributed by atoms with E-state index in [0.717, 1.165) is 12.8 Å². The second-order valence-corrected chi connectivity index (χ2v) is 7.81. The van der Waals surface area contributed by atoms with Gasteiger partial charge in [0.1, 0.15) is 6.04 Å². The molecule has 1 amide bonds. The minimum absolute atomic E-state index is 0.0415. The first-order valence-electron chi connectivity index (χ1n) is 8.32. The van der Waals surface area contributed by atoms with Crippen LogP contribution in [0.1, 0.15) is 44.0 Å². The highest BCUT2D eigenvalue weighted by molar-refractivity contribution is 8.00. The van der Waals surface area contributed by atoms with Crippen LogP contribution in [-0.4, -0.2) is 40.6 Å². The summed E-state index contributed by atoms with van der Waals surface area (Å²) in [7, 11) is 0. The summed E-state index contributed by atoms with van der Waals surface area (Å²) in [6.07, 6.45) is 1.80. The Balaban J connectivity index is 2.21. The van der Waals surface area contributed by atoms with Crippen LogP contribution in [-0.2, 0) is 9.53 Å². The third-order valence-corrected chi connectivity index (χ3v) is 5.78. The van der Waals surface area contributed by atoms with E-state index in [1.165, 1.54) is 0 Å². The van der Waals surface area contributed by atoms with Gasteiger partial charge in [-0.2, -0.15) is 0 Å². The topological polar surface area (TPSA) is 46.6 Å². The molecule has 0 aliphatic carbocycles. The Morgan fingerprint density at radius 1 is 1.42 bits per heavy atom. The van der Waals surface area contributed by atoms with Crippen molar-refractivity contribution in [1.29, 1.82) is 0 Å². The molecule has 132 valence electrons. The van der Waals surface area contributed by atoms with E-state index in [1.807, 2.05) is 6.92 Å². The molecule has 6 heteroatoms. The Labute approximate surface area is 152 Å². The second kappa shape index (κ2) is 8.77. The molecule has 2 unspecified atom stereocenters. The fourth-order valence-electron chi connectivity index (χ4n) is 2.66. The zero-order valence-electron chi connectivity index (χ0n) is 14.3. The predicted molar refractivity (Wildman–Crippen MR) is 98.4 cm³/mol. The molecule has 1 fully saturated rings. The molecule has 1 aromatic carbocycles. The van der Waals surface area contributed by atoms with Gasteiger partial charge in [0.2, 0.25) is 0 Å². The van der Waals surface area contributed by atoms with Crippen LogP contribution in [0.3, 0.4) is 0 Å². The maximum absolute atomic E-state index is 13.0. The summed E-state index contributed by atoms with van der Waals surface area (Å²) >= 11 is 7.64. The Morgan fingerprint density at radius 2 is 2.17 bits per heavy atom. The summed E-state index contributed by atoms with van der Waals surface area (Å²) in [5.74, 6) is 0.333. The molecule has 1 aromatic rings. The molecule has 0 N–H and O–H groups in total. The molecular formula is C18H24ClNO3S. The highest BCUT2D eigenvalue weighted by Crippen LogP contribution is 2.35. The maximum atomic E-state index is 13.0. The third-order valence-electron chi connectivity index (χ3n) is 3.93. The van der Waals surface area contributed by atoms with Gasteiger partial charge < -0.3 is 9.64 Å². The van der Waals surface area contributed by atoms with Crippen molar-refractivity contribution in [1.82, 2.24) is 4.90 Å². The number of carbonyl (C=O) groups is 2. The van der Waals surface area contributed by atoms with Gasteiger partial charge in [0.15, 0.2) is 0 Å². The van der Waals surface area contributed by atoms with Gasteiger partial charge in [0.05, 0.1) is 12.0 Å². The van der Waals surface area contributed by atoms with Crippen molar-refractivity contribution in [3.05, 3.63) is 34.9 Å². The molecule has 1 heterocycles. The molecule has 0 aromatic heterocycles. The van der Waals surface area contributed by atoms with Crippen LogP contribution in [0, 0.1) is 5.92 Å². The first kappa shape index (κ1) is 19.1. The van der Waals surface area contributed by atoms with Gasteiger partial charge in [0, 0.05) is 16.3 Å². The fourth-order valence-corrected chi connectivity index (χ4v) is 4.32. The molecule has 2 atom stereocenters. The van der Waals surface area contributed by atoms with Gasteiger partial charge in [-0.15, -0.1) is 11.8 Å². The molecule has 24 heavy (non-hydrogen) atoms. The Kier molecular flexibility index (Phi) is 6.99. The number of esters is 1. The summed E-state index contributed by atoms with van der Waals surface area (Å²) < 4.78 is 5.36. The van der Waals surface area contributed by atoms with Crippen molar-refractivity contribution < 1.29 is 14.3 Å². The maximum Gasteiger partial charge on any atom is 0.329 e. The van der Waals surface area contributed by atoms with E-state index in [1.54, 1.807) is 40.9 Å². The number of hydrogen-bond donors (Lipinski definition) is 0. The van der Waals surface area contributed by atoms with Crippen molar-refractivity contribution in [3.8, 4) is 0 Å². The van der Waals surface area contributed by atoms with Crippen LogP contribution in [0.15, 0.2) is 24.3 Å². The smallest absolute Gasteiger partial charge is 0.329 e. The van der Waals surface area contributed by atoms with E-state index >= 15 is 0 Å². The number of rotatable bonds is 6. The summed E-state index contributed by atoms with van der Waals surface area (Å²) in [6, 6.07) is 6.31. The lowest BCUT2D eigenvalue weighted by Gasteiger charge is -2.30. The van der Waals surface area contributed by atoms with Crippen molar-refractivity contribution in [2.24, 2.45) is 5.92 Å². The SMILES string of the molecule is CCCCOC(=O)C1CSC(C(C)C)N1C(=O)c1cccc(Cl)c1. The number of carbonyl (C=O) groups excluding carboxylic acids is 2. The second-order valence-electron chi connectivity index (χ2n) is 6.23. The monoisotopic (exact) mass is 369 g/mol. The lowest BCUT2D eigenvalue weighted by atomic mass is 10.1. The minimum atomic E-state index is -0.536. The molecule has 1 aliphatic rings. The van der Waals surface area contributed by atoms with Crippen LogP contribution >= 0.6 is 23.4 Å². The molecule has 0 spiro atoms. The summed E-state index contributed by atoms with van der Waals surface area (Å²) in [6.45, 7) is 6.56. The third kappa shape index (κ3) is 4.45. The molecule has 0 radical (unpaired) electrons. The largest absolute Gasteiger partial charge is 0.464 e. The molecule has 1 aliphatic heterocycles. The molecule has 0 bridgehead atoms. The van der Waals surface area contributed by atoms with E-state index in [4.69, 9.17) is 16.3 Å². The molecule has 4 nitrogen and oxygen atoms in total. The number of amides is 1. The van der Waals surface area contributed by atoms with Crippen LogP contribution in [0.5, 0.6) is 0 Å². The van der Waals surface area contributed by atoms with Crippen LogP contribution < -0.4 is 0 Å². The first-order valence-corrected chi connectivity index (χ1v) is 9.74. The number of ether oxygens (including phenoxy) is 1. The number of halogens is 1. The summed E-state index contributed by atoms with van der Waals surface area (Å²) in [4.78, 5) is 27.1. The highest BCUT2D eigenvalue weighted by atomic mass is 35.5. The average Bonchev–Trinajstić information content (AvgIpc) is 2.99. The van der Waals surface area contributed by atoms with E-state index < -0.39 is 6.04 Å². The molecule has 1 saturated heterocycles. The number of nitrogens with zero attached hydrogens (tertiary/aromatic N) is 1. The summed E-state index contributed by atoms with van der Waals surface area (Å²) in [5, 5.41) is 0.469. The van der Waals surface area contributed by atoms with Gasteiger partial charge in [-0.25, -0.2) is 4.79 Å². The lowest BCUT2D eigenvalue weighted by Crippen LogP contribution is -2.47. The number of unbranched alkanes of at least 4 members (excludes halogenated alkanes) is 1. The highest BCUT2D eigenvalue weighted by Gasteiger charge is 2.43. The fraction of sp³-hybridized carbons (Fsp3) is 0.556. The van der Waals surface area contributed by atoms with Gasteiger partial charge in [-0.05, 0) is 30.5 Å². The van der Waals surface area contributed by atoms with Gasteiger partial charge in [-0.3, -0.25) is 4.79 Å². The van der Waals surface area contributed by atoms with E-state index in [2.05, 4.69) is 13.8 Å². The van der Waals surface area contributed by atoms with Crippen LogP contribution in [0.25, 0.3) is 0 Å². The van der Waals surface area contributed by atoms with E-state index in [9.17, 15) is 9.59 Å². The van der Waals surface area contributed by atoms with Gasteiger partial charge >= 0.3 is 5.97 Å². The van der Waals surface area contributed by atoms with Crippen molar-refractivity contribution in [3.63, 3.8) is 0 Å². The van der Waals surface area contributed by atoms with Crippen molar-refractivity contribution >= 4 is 35.2 Å². The molecule has 2 rings (SSSR count). The minimum Gasteiger partial charge on any atom is -0.464 e. The quantitative estimate of drug-likeness (QED) is 0.556. The standard InChI is InChI=1S/C18H24ClNO3S/c1-4-5-9-23-18(22)15-11-24-17(12(2)3)20(15)16(21)13-7-6-8-14(19)10-13/h6-8,10,12,15,17H,4-5,9,11H2,1-3H3. The zero-order valence-corrected chi connectivity index (χ0v) is 15.9. The van der Waals surface area contributed by atoms with Crippen LogP contribution in [0.4, 0.5) is 0 Å². The van der Waals surface area contributed by atoms with E-state index in [0.29, 0.717) is 22.9 Å². The zero-order chi connectivity index (χ0) is 17.7. The summed E-state index contributed by atoms with van der Waals surface area (Å²) in [5.41, 5.74) is 0.502. The Hall–Kier alpha value is -1.20. The number of thioether (sulfide) groups is 1. The first-order chi connectivity index (χ1) is 11.5. The van der Waals surface area contributed by atoms with E-state index in [-0.39, 0.29) is 23.2 Å². The van der Waals surface area contributed by atoms with Crippen molar-refractivity contribution in [2.45, 2.75) is 45.0 Å².